The summed E-state index contributed by atoms with van der Waals surface area (Å²) in [5.41, 5.74) is -0.409. The molecule has 2 heterocycles. The van der Waals surface area contributed by atoms with Gasteiger partial charge in [-0.25, -0.2) is 4.79 Å². The lowest BCUT2D eigenvalue weighted by atomic mass is 9.90. The van der Waals surface area contributed by atoms with Crippen molar-refractivity contribution in [2.45, 2.75) is 71.1 Å². The Balaban J connectivity index is 1.73. The molecule has 2 aliphatic rings. The molecule has 134 valence electrons. The number of amides is 1. The van der Waals surface area contributed by atoms with Crippen molar-refractivity contribution in [3.63, 3.8) is 0 Å². The van der Waals surface area contributed by atoms with Crippen LogP contribution in [0.4, 0.5) is 4.79 Å². The molecule has 1 amide bonds. The molecule has 2 saturated heterocycles. The van der Waals surface area contributed by atoms with E-state index in [9.17, 15) is 4.79 Å². The first kappa shape index (κ1) is 18.5. The predicted molar refractivity (Wildman–Crippen MR) is 93.6 cm³/mol. The minimum absolute atomic E-state index is 0.169. The Morgan fingerprint density at radius 3 is 2.39 bits per heavy atom. The average molecular weight is 325 g/mol. The van der Waals surface area contributed by atoms with Crippen molar-refractivity contribution in [2.24, 2.45) is 5.92 Å². The SMILES string of the molecule is CC(NC1CCN(C(=O)OC(C)(C)C)CC1)C1CCCN(C)C1. The molecule has 1 N–H and O–H groups in total. The number of ether oxygens (including phenoxy) is 1. The fourth-order valence-electron chi connectivity index (χ4n) is 3.68. The van der Waals surface area contributed by atoms with E-state index in [4.69, 9.17) is 4.74 Å². The van der Waals surface area contributed by atoms with E-state index >= 15 is 0 Å². The summed E-state index contributed by atoms with van der Waals surface area (Å²) in [7, 11) is 2.22. The summed E-state index contributed by atoms with van der Waals surface area (Å²) in [6, 6.07) is 1.08. The van der Waals surface area contributed by atoms with Crippen molar-refractivity contribution < 1.29 is 9.53 Å². The molecule has 0 saturated carbocycles. The smallest absolute Gasteiger partial charge is 0.410 e. The number of hydrogen-bond donors (Lipinski definition) is 1. The Morgan fingerprint density at radius 2 is 1.83 bits per heavy atom. The standard InChI is InChI=1S/C18H35N3O2/c1-14(15-7-6-10-20(5)13-15)19-16-8-11-21(12-9-16)17(22)23-18(2,3)4/h14-16,19H,6-13H2,1-5H3. The zero-order valence-electron chi connectivity index (χ0n) is 15.6. The summed E-state index contributed by atoms with van der Waals surface area (Å²) in [4.78, 5) is 16.4. The molecule has 0 bridgehead atoms. The number of likely N-dealkylation sites (tertiary alicyclic amines) is 2. The van der Waals surface area contributed by atoms with Crippen LogP contribution in [-0.4, -0.2) is 66.8 Å². The molecule has 0 spiro atoms. The number of hydrogen-bond acceptors (Lipinski definition) is 4. The molecule has 2 aliphatic heterocycles. The first-order valence-corrected chi connectivity index (χ1v) is 9.17. The first-order valence-electron chi connectivity index (χ1n) is 9.17. The molecule has 2 unspecified atom stereocenters. The van der Waals surface area contributed by atoms with Crippen molar-refractivity contribution in [2.75, 3.05) is 33.2 Å². The molecule has 0 aromatic rings. The number of carbonyl (C=O) groups excluding carboxylic acids is 1. The van der Waals surface area contributed by atoms with Crippen molar-refractivity contribution in [3.05, 3.63) is 0 Å². The highest BCUT2D eigenvalue weighted by Gasteiger charge is 2.29. The molecule has 0 aromatic heterocycles. The Bertz CT molecular complexity index is 386. The van der Waals surface area contributed by atoms with E-state index in [1.165, 1.54) is 25.9 Å². The normalized spacial score (nSPS) is 26.1. The first-order chi connectivity index (χ1) is 10.7. The van der Waals surface area contributed by atoms with Gasteiger partial charge in [0, 0.05) is 31.7 Å². The van der Waals surface area contributed by atoms with Gasteiger partial charge in [0.25, 0.3) is 0 Å². The number of piperidine rings is 2. The van der Waals surface area contributed by atoms with Crippen LogP contribution in [0.25, 0.3) is 0 Å². The summed E-state index contributed by atoms with van der Waals surface area (Å²) in [6.45, 7) is 12.1. The average Bonchev–Trinajstić information content (AvgIpc) is 2.46. The lowest BCUT2D eigenvalue weighted by Crippen LogP contribution is -2.51. The van der Waals surface area contributed by atoms with Gasteiger partial charge < -0.3 is 19.9 Å². The van der Waals surface area contributed by atoms with Crippen LogP contribution in [0.2, 0.25) is 0 Å². The van der Waals surface area contributed by atoms with Gasteiger partial charge in [-0.2, -0.15) is 0 Å². The van der Waals surface area contributed by atoms with Gasteiger partial charge in [-0.3, -0.25) is 0 Å². The zero-order chi connectivity index (χ0) is 17.0. The predicted octanol–water partition coefficient (Wildman–Crippen LogP) is 2.71. The van der Waals surface area contributed by atoms with Gasteiger partial charge in [0.1, 0.15) is 5.60 Å². The lowest BCUT2D eigenvalue weighted by molar-refractivity contribution is 0.0192. The highest BCUT2D eigenvalue weighted by molar-refractivity contribution is 5.68. The summed E-state index contributed by atoms with van der Waals surface area (Å²) < 4.78 is 5.46. The molecule has 5 heteroatoms. The molecule has 0 aliphatic carbocycles. The van der Waals surface area contributed by atoms with Gasteiger partial charge in [0.15, 0.2) is 0 Å². The maximum atomic E-state index is 12.1. The second-order valence-corrected chi connectivity index (χ2v) is 8.36. The monoisotopic (exact) mass is 325 g/mol. The molecule has 23 heavy (non-hydrogen) atoms. The van der Waals surface area contributed by atoms with E-state index in [0.29, 0.717) is 12.1 Å². The van der Waals surface area contributed by atoms with Crippen LogP contribution in [0.1, 0.15) is 53.4 Å². The van der Waals surface area contributed by atoms with Crippen LogP contribution in [0, 0.1) is 5.92 Å². The molecule has 5 nitrogen and oxygen atoms in total. The Labute approximate surface area is 141 Å². The van der Waals surface area contributed by atoms with E-state index in [-0.39, 0.29) is 6.09 Å². The van der Waals surface area contributed by atoms with Gasteiger partial charge in [0.2, 0.25) is 0 Å². The molecule has 0 aromatic carbocycles. The topological polar surface area (TPSA) is 44.8 Å². The van der Waals surface area contributed by atoms with Gasteiger partial charge in [-0.1, -0.05) is 0 Å². The van der Waals surface area contributed by atoms with Gasteiger partial charge >= 0.3 is 6.09 Å². The third kappa shape index (κ3) is 5.96. The van der Waals surface area contributed by atoms with Gasteiger partial charge in [0.05, 0.1) is 0 Å². The van der Waals surface area contributed by atoms with Crippen LogP contribution in [-0.2, 0) is 4.74 Å². The van der Waals surface area contributed by atoms with Crippen LogP contribution in [0.15, 0.2) is 0 Å². The summed E-state index contributed by atoms with van der Waals surface area (Å²) in [6.07, 6.45) is 4.51. The molecule has 0 radical (unpaired) electrons. The van der Waals surface area contributed by atoms with Crippen molar-refractivity contribution in [3.8, 4) is 0 Å². The zero-order valence-corrected chi connectivity index (χ0v) is 15.6. The largest absolute Gasteiger partial charge is 0.444 e. The van der Waals surface area contributed by atoms with Crippen LogP contribution < -0.4 is 5.32 Å². The van der Waals surface area contributed by atoms with E-state index in [2.05, 4.69) is 24.2 Å². The van der Waals surface area contributed by atoms with Crippen LogP contribution >= 0.6 is 0 Å². The Kier molecular flexibility index (Phi) is 6.32. The fourth-order valence-corrected chi connectivity index (χ4v) is 3.68. The number of nitrogens with zero attached hydrogens (tertiary/aromatic N) is 2. The summed E-state index contributed by atoms with van der Waals surface area (Å²) >= 11 is 0. The molecule has 2 fully saturated rings. The number of nitrogens with one attached hydrogen (secondary N) is 1. The number of carbonyl (C=O) groups is 1. The maximum Gasteiger partial charge on any atom is 0.410 e. The molecule has 2 atom stereocenters. The van der Waals surface area contributed by atoms with Crippen LogP contribution in [0.5, 0.6) is 0 Å². The maximum absolute atomic E-state index is 12.1. The lowest BCUT2D eigenvalue weighted by Gasteiger charge is -2.38. The Morgan fingerprint density at radius 1 is 1.17 bits per heavy atom. The minimum Gasteiger partial charge on any atom is -0.444 e. The van der Waals surface area contributed by atoms with Crippen molar-refractivity contribution in [1.29, 1.82) is 0 Å². The van der Waals surface area contributed by atoms with Gasteiger partial charge in [-0.15, -0.1) is 0 Å². The second-order valence-electron chi connectivity index (χ2n) is 8.36. The summed E-state index contributed by atoms with van der Waals surface area (Å²) in [5.74, 6) is 0.748. The second kappa shape index (κ2) is 7.84. The highest BCUT2D eigenvalue weighted by Crippen LogP contribution is 2.21. The van der Waals surface area contributed by atoms with E-state index < -0.39 is 5.60 Å². The van der Waals surface area contributed by atoms with Crippen molar-refractivity contribution in [1.82, 2.24) is 15.1 Å². The third-order valence-electron chi connectivity index (χ3n) is 5.01. The quantitative estimate of drug-likeness (QED) is 0.866. The Hall–Kier alpha value is -0.810. The molecule has 2 rings (SSSR count). The third-order valence-corrected chi connectivity index (χ3v) is 5.01. The van der Waals surface area contributed by atoms with Crippen molar-refractivity contribution >= 4 is 6.09 Å². The van der Waals surface area contributed by atoms with E-state index in [0.717, 1.165) is 31.8 Å². The van der Waals surface area contributed by atoms with Crippen LogP contribution in [0.3, 0.4) is 0 Å². The van der Waals surface area contributed by atoms with Gasteiger partial charge in [-0.05, 0) is 72.9 Å². The molecular formula is C18H35N3O2. The minimum atomic E-state index is -0.409. The van der Waals surface area contributed by atoms with E-state index in [1.54, 1.807) is 0 Å². The fraction of sp³-hybridized carbons (Fsp3) is 0.944. The number of rotatable bonds is 3. The molecular weight excluding hydrogens is 290 g/mol. The van der Waals surface area contributed by atoms with E-state index in [1.807, 2.05) is 25.7 Å². The summed E-state index contributed by atoms with van der Waals surface area (Å²) in [5, 5.41) is 3.81. The highest BCUT2D eigenvalue weighted by atomic mass is 16.6.